The third-order valence-electron chi connectivity index (χ3n) is 6.16. The van der Waals surface area contributed by atoms with E-state index in [-0.39, 0.29) is 6.03 Å². The minimum absolute atomic E-state index is 0.000402. The Balaban J connectivity index is 1.32. The van der Waals surface area contributed by atoms with Gasteiger partial charge in [0, 0.05) is 57.5 Å². The number of hydrogen-bond donors (Lipinski definition) is 2. The largest absolute Gasteiger partial charge is 0.381 e. The van der Waals surface area contributed by atoms with Crippen molar-refractivity contribution < 1.29 is 9.53 Å². The Bertz CT molecular complexity index is 723. The molecule has 0 radical (unpaired) electrons. The molecule has 2 amide bonds. The second-order valence-electron chi connectivity index (χ2n) is 8.20. The van der Waals surface area contributed by atoms with Crippen LogP contribution in [0.15, 0.2) is 29.3 Å². The van der Waals surface area contributed by atoms with Gasteiger partial charge in [0.05, 0.1) is 6.61 Å². The van der Waals surface area contributed by atoms with Gasteiger partial charge in [-0.3, -0.25) is 4.99 Å². The molecule has 3 fully saturated rings. The number of benzene rings is 1. The third-order valence-corrected chi connectivity index (χ3v) is 6.16. The zero-order chi connectivity index (χ0) is 19.4. The van der Waals surface area contributed by atoms with Crippen LogP contribution in [0.3, 0.4) is 0 Å². The van der Waals surface area contributed by atoms with E-state index in [0.29, 0.717) is 12.0 Å². The number of guanidine groups is 1. The lowest BCUT2D eigenvalue weighted by molar-refractivity contribution is 0.156. The van der Waals surface area contributed by atoms with Crippen LogP contribution in [0.2, 0.25) is 0 Å². The van der Waals surface area contributed by atoms with E-state index < -0.39 is 0 Å². The van der Waals surface area contributed by atoms with Crippen LogP contribution < -0.4 is 10.6 Å². The molecule has 28 heavy (non-hydrogen) atoms. The Kier molecular flexibility index (Phi) is 5.71. The molecule has 152 valence electrons. The van der Waals surface area contributed by atoms with Gasteiger partial charge in [-0.15, -0.1) is 0 Å². The number of aliphatic imine (C=N–C) groups is 1. The van der Waals surface area contributed by atoms with Gasteiger partial charge in [-0.2, -0.15) is 0 Å². The van der Waals surface area contributed by atoms with Crippen molar-refractivity contribution in [2.24, 2.45) is 10.4 Å². The molecule has 3 heterocycles. The summed E-state index contributed by atoms with van der Waals surface area (Å²) >= 11 is 0. The van der Waals surface area contributed by atoms with Crippen LogP contribution in [-0.2, 0) is 11.3 Å². The smallest absolute Gasteiger partial charge is 0.321 e. The minimum Gasteiger partial charge on any atom is -0.381 e. The van der Waals surface area contributed by atoms with Crippen molar-refractivity contribution in [3.8, 4) is 0 Å². The quantitative estimate of drug-likeness (QED) is 0.620. The highest BCUT2D eigenvalue weighted by Crippen LogP contribution is 2.38. The maximum absolute atomic E-state index is 12.3. The number of rotatable bonds is 3. The summed E-state index contributed by atoms with van der Waals surface area (Å²) in [4.78, 5) is 21.0. The Morgan fingerprint density at radius 1 is 1.21 bits per heavy atom. The van der Waals surface area contributed by atoms with Gasteiger partial charge < -0.3 is 25.2 Å². The van der Waals surface area contributed by atoms with Gasteiger partial charge in [0.25, 0.3) is 0 Å². The van der Waals surface area contributed by atoms with E-state index in [4.69, 9.17) is 4.74 Å². The highest BCUT2D eigenvalue weighted by Gasteiger charge is 2.42. The van der Waals surface area contributed by atoms with Crippen molar-refractivity contribution in [3.05, 3.63) is 29.8 Å². The van der Waals surface area contributed by atoms with Gasteiger partial charge in [-0.25, -0.2) is 4.79 Å². The number of amides is 2. The van der Waals surface area contributed by atoms with Crippen LogP contribution in [0.5, 0.6) is 0 Å². The van der Waals surface area contributed by atoms with E-state index in [9.17, 15) is 4.79 Å². The summed E-state index contributed by atoms with van der Waals surface area (Å²) in [7, 11) is 1.84. The molecule has 1 aromatic rings. The molecule has 7 heteroatoms. The van der Waals surface area contributed by atoms with Crippen LogP contribution in [-0.4, -0.2) is 68.2 Å². The molecule has 2 N–H and O–H groups in total. The number of likely N-dealkylation sites (tertiary alicyclic amines) is 2. The van der Waals surface area contributed by atoms with Crippen molar-refractivity contribution in [1.82, 2.24) is 15.1 Å². The molecule has 1 aromatic carbocycles. The molecular weight excluding hydrogens is 354 g/mol. The Morgan fingerprint density at radius 2 is 2.07 bits per heavy atom. The van der Waals surface area contributed by atoms with Crippen molar-refractivity contribution in [1.29, 1.82) is 0 Å². The molecule has 1 atom stereocenters. The van der Waals surface area contributed by atoms with Crippen LogP contribution in [0.4, 0.5) is 10.5 Å². The van der Waals surface area contributed by atoms with E-state index in [1.54, 1.807) is 0 Å². The lowest BCUT2D eigenvalue weighted by Crippen LogP contribution is -2.41. The summed E-state index contributed by atoms with van der Waals surface area (Å²) < 4.78 is 5.63. The van der Waals surface area contributed by atoms with E-state index in [0.717, 1.165) is 75.9 Å². The van der Waals surface area contributed by atoms with Crippen LogP contribution in [0.1, 0.15) is 31.2 Å². The summed E-state index contributed by atoms with van der Waals surface area (Å²) in [5, 5.41) is 6.50. The number of urea groups is 1. The SMILES string of the molecule is CN=C(NCc1cccc(NC(=O)N2CCCC2)c1)N1CCC2(CCOC2)C1. The number of carbonyl (C=O) groups excluding carboxylic acids is 1. The molecular formula is C21H31N5O2. The summed E-state index contributed by atoms with van der Waals surface area (Å²) in [6, 6.07) is 8.03. The Labute approximate surface area is 167 Å². The number of nitrogens with one attached hydrogen (secondary N) is 2. The highest BCUT2D eigenvalue weighted by atomic mass is 16.5. The second-order valence-corrected chi connectivity index (χ2v) is 8.20. The Morgan fingerprint density at radius 3 is 2.82 bits per heavy atom. The molecule has 1 unspecified atom stereocenters. The fourth-order valence-corrected chi connectivity index (χ4v) is 4.48. The van der Waals surface area contributed by atoms with Gasteiger partial charge in [-0.05, 0) is 43.4 Å². The van der Waals surface area contributed by atoms with E-state index in [1.807, 2.05) is 30.1 Å². The fraction of sp³-hybridized carbons (Fsp3) is 0.619. The predicted octanol–water partition coefficient (Wildman–Crippen LogP) is 2.50. The summed E-state index contributed by atoms with van der Waals surface area (Å²) in [5.74, 6) is 0.940. The van der Waals surface area contributed by atoms with Crippen molar-refractivity contribution in [3.63, 3.8) is 0 Å². The number of carbonyl (C=O) groups is 1. The first-order chi connectivity index (χ1) is 13.7. The standard InChI is InChI=1S/C21H31N5O2/c1-22-19(26-11-7-21(15-26)8-12-28-16-21)23-14-17-5-4-6-18(13-17)24-20(27)25-9-2-3-10-25/h4-6,13H,2-3,7-12,14-16H2,1H3,(H,22,23)(H,24,27). The number of nitrogens with zero attached hydrogens (tertiary/aromatic N) is 3. The number of ether oxygens (including phenoxy) is 1. The fourth-order valence-electron chi connectivity index (χ4n) is 4.48. The van der Waals surface area contributed by atoms with Crippen LogP contribution >= 0.6 is 0 Å². The van der Waals surface area contributed by atoms with Gasteiger partial charge >= 0.3 is 6.03 Å². The molecule has 3 aliphatic heterocycles. The van der Waals surface area contributed by atoms with E-state index in [1.165, 1.54) is 6.42 Å². The maximum atomic E-state index is 12.3. The van der Waals surface area contributed by atoms with Crippen LogP contribution in [0.25, 0.3) is 0 Å². The van der Waals surface area contributed by atoms with E-state index >= 15 is 0 Å². The molecule has 0 saturated carbocycles. The molecule has 1 spiro atoms. The highest BCUT2D eigenvalue weighted by molar-refractivity contribution is 5.89. The molecule has 7 nitrogen and oxygen atoms in total. The van der Waals surface area contributed by atoms with E-state index in [2.05, 4.69) is 26.6 Å². The van der Waals surface area contributed by atoms with Crippen molar-refractivity contribution >= 4 is 17.7 Å². The molecule has 3 saturated heterocycles. The lowest BCUT2D eigenvalue weighted by atomic mass is 9.87. The summed E-state index contributed by atoms with van der Waals surface area (Å²) in [6.45, 7) is 6.18. The molecule has 0 bridgehead atoms. The number of hydrogen-bond acceptors (Lipinski definition) is 3. The predicted molar refractivity (Wildman–Crippen MR) is 111 cm³/mol. The van der Waals surface area contributed by atoms with Gasteiger partial charge in [0.1, 0.15) is 0 Å². The zero-order valence-corrected chi connectivity index (χ0v) is 16.7. The van der Waals surface area contributed by atoms with Crippen LogP contribution in [0, 0.1) is 5.41 Å². The molecule has 4 rings (SSSR count). The van der Waals surface area contributed by atoms with Gasteiger partial charge in [0.2, 0.25) is 0 Å². The average Bonchev–Trinajstić information content (AvgIpc) is 3.46. The van der Waals surface area contributed by atoms with Crippen molar-refractivity contribution in [2.75, 3.05) is 51.8 Å². The van der Waals surface area contributed by atoms with Crippen molar-refractivity contribution in [2.45, 2.75) is 32.2 Å². The summed E-state index contributed by atoms with van der Waals surface area (Å²) in [5.41, 5.74) is 2.28. The summed E-state index contributed by atoms with van der Waals surface area (Å²) in [6.07, 6.45) is 4.52. The monoisotopic (exact) mass is 385 g/mol. The zero-order valence-electron chi connectivity index (χ0n) is 16.7. The topological polar surface area (TPSA) is 69.2 Å². The minimum atomic E-state index is -0.000402. The maximum Gasteiger partial charge on any atom is 0.321 e. The first kappa shape index (κ1) is 19.1. The molecule has 0 aromatic heterocycles. The first-order valence-electron chi connectivity index (χ1n) is 10.4. The first-order valence-corrected chi connectivity index (χ1v) is 10.4. The average molecular weight is 386 g/mol. The Hall–Kier alpha value is -2.28. The molecule has 0 aliphatic carbocycles. The second kappa shape index (κ2) is 8.39. The molecule has 3 aliphatic rings. The lowest BCUT2D eigenvalue weighted by Gasteiger charge is -2.25. The van der Waals surface area contributed by atoms with Gasteiger partial charge in [0.15, 0.2) is 5.96 Å². The van der Waals surface area contributed by atoms with Gasteiger partial charge in [-0.1, -0.05) is 12.1 Å². The normalized spacial score (nSPS) is 25.0. The third kappa shape index (κ3) is 4.24. The number of anilines is 1.